The van der Waals surface area contributed by atoms with E-state index in [2.05, 4.69) is 30.0 Å². The number of aromatic nitrogens is 4. The van der Waals surface area contributed by atoms with E-state index < -0.39 is 18.7 Å². The third-order valence-electron chi connectivity index (χ3n) is 2.76. The van der Waals surface area contributed by atoms with Crippen LogP contribution in [0.25, 0.3) is 6.08 Å². The van der Waals surface area contributed by atoms with Gasteiger partial charge in [-0.25, -0.2) is 15.0 Å². The average Bonchev–Trinajstić information content (AvgIpc) is 2.97. The molecule has 26 heavy (non-hydrogen) atoms. The lowest BCUT2D eigenvalue weighted by atomic mass is 10.2. The molecular formula is C14H15F3N7O2+. The van der Waals surface area contributed by atoms with E-state index in [1.807, 2.05) is 0 Å². The standard InChI is InChI=1S/C14H14F3N7O2/c1-7(25)22-11-5-20-10(24-11)3-2-8(18)9-4-21-12(19)13(23-9)26-6-14(15,16)17/h2-5,18H,6H2,1H3,(H2,19,21)(H,20,24)(H,22,25)/p+1/b3-2-,18-8?. The molecule has 0 spiro atoms. The molecule has 2 heterocycles. The monoisotopic (exact) mass is 370 g/mol. The van der Waals surface area contributed by atoms with Gasteiger partial charge in [0, 0.05) is 13.0 Å². The number of aromatic amines is 1. The summed E-state index contributed by atoms with van der Waals surface area (Å²) in [7, 11) is 0. The topological polar surface area (TPSA) is 144 Å². The highest BCUT2D eigenvalue weighted by atomic mass is 19.4. The lowest BCUT2D eigenvalue weighted by Gasteiger charge is -2.09. The molecule has 2 aromatic heterocycles. The Morgan fingerprint density at radius 3 is 2.81 bits per heavy atom. The third-order valence-corrected chi connectivity index (χ3v) is 2.76. The molecule has 0 radical (unpaired) electrons. The Morgan fingerprint density at radius 1 is 1.42 bits per heavy atom. The predicted octanol–water partition coefficient (Wildman–Crippen LogP) is -0.0570. The van der Waals surface area contributed by atoms with Gasteiger partial charge in [0.05, 0.1) is 12.4 Å². The summed E-state index contributed by atoms with van der Waals surface area (Å²) >= 11 is 0. The second-order valence-electron chi connectivity index (χ2n) is 5.00. The molecule has 12 heteroatoms. The smallest absolute Gasteiger partial charge is 0.422 e. The Morgan fingerprint density at radius 2 is 2.15 bits per heavy atom. The molecule has 0 saturated heterocycles. The minimum atomic E-state index is -4.54. The van der Waals surface area contributed by atoms with Crippen LogP contribution in [0.3, 0.4) is 0 Å². The molecule has 138 valence electrons. The molecule has 0 aliphatic carbocycles. The van der Waals surface area contributed by atoms with E-state index in [4.69, 9.17) is 11.1 Å². The van der Waals surface area contributed by atoms with Gasteiger partial charge in [0.15, 0.2) is 18.1 Å². The first kappa shape index (κ1) is 18.9. The quantitative estimate of drug-likeness (QED) is 0.525. The first-order valence-corrected chi connectivity index (χ1v) is 7.09. The van der Waals surface area contributed by atoms with E-state index >= 15 is 0 Å². The van der Waals surface area contributed by atoms with Gasteiger partial charge in [-0.05, 0) is 6.08 Å². The number of alkyl halides is 3. The summed E-state index contributed by atoms with van der Waals surface area (Å²) in [6.07, 6.45) is 0.951. The lowest BCUT2D eigenvalue weighted by Crippen LogP contribution is -2.39. The number of nitrogens with two attached hydrogens (primary N) is 2. The van der Waals surface area contributed by atoms with E-state index in [-0.39, 0.29) is 23.1 Å². The summed E-state index contributed by atoms with van der Waals surface area (Å²) in [6.45, 7) is -0.205. The Labute approximate surface area is 145 Å². The van der Waals surface area contributed by atoms with E-state index in [1.54, 1.807) is 0 Å². The van der Waals surface area contributed by atoms with Gasteiger partial charge in [-0.3, -0.25) is 10.2 Å². The summed E-state index contributed by atoms with van der Waals surface area (Å²) in [6, 6.07) is 0. The van der Waals surface area contributed by atoms with Crippen LogP contribution in [0.5, 0.6) is 5.88 Å². The van der Waals surface area contributed by atoms with Crippen molar-refractivity contribution < 1.29 is 28.1 Å². The zero-order chi connectivity index (χ0) is 19.3. The van der Waals surface area contributed by atoms with Gasteiger partial charge in [-0.1, -0.05) is 0 Å². The van der Waals surface area contributed by atoms with Crippen molar-refractivity contribution in [1.29, 1.82) is 0 Å². The van der Waals surface area contributed by atoms with Crippen LogP contribution in [0.4, 0.5) is 24.8 Å². The van der Waals surface area contributed by atoms with Crippen molar-refractivity contribution in [1.82, 2.24) is 19.9 Å². The Bertz CT molecular complexity index is 845. The van der Waals surface area contributed by atoms with Crippen molar-refractivity contribution in [3.05, 3.63) is 30.0 Å². The SMILES string of the molecule is CC(=O)Nc1cnc(/C=C\C(=[NH2+])c2cnc(N)c(OCC(F)(F)F)n2)[nH]1. The van der Waals surface area contributed by atoms with Crippen LogP contribution in [0, 0.1) is 0 Å². The zero-order valence-electron chi connectivity index (χ0n) is 13.5. The van der Waals surface area contributed by atoms with Crippen LogP contribution in [-0.4, -0.2) is 44.3 Å². The number of nitrogens with zero attached hydrogens (tertiary/aromatic N) is 3. The molecule has 6 N–H and O–H groups in total. The number of imidazole rings is 1. The lowest BCUT2D eigenvalue weighted by molar-refractivity contribution is -0.154. The number of ether oxygens (including phenoxy) is 1. The molecule has 0 fully saturated rings. The molecule has 0 aromatic carbocycles. The number of carbonyl (C=O) groups excluding carboxylic acids is 1. The first-order valence-electron chi connectivity index (χ1n) is 7.09. The number of H-pyrrole nitrogens is 1. The molecule has 0 aliphatic heterocycles. The van der Waals surface area contributed by atoms with Crippen molar-refractivity contribution in [3.8, 4) is 5.88 Å². The fourth-order valence-electron chi connectivity index (χ4n) is 1.71. The largest absolute Gasteiger partial charge is 0.465 e. The maximum atomic E-state index is 12.2. The Balaban J connectivity index is 2.09. The maximum Gasteiger partial charge on any atom is 0.422 e. The van der Waals surface area contributed by atoms with Crippen molar-refractivity contribution >= 4 is 29.3 Å². The van der Waals surface area contributed by atoms with Gasteiger partial charge in [0.25, 0.3) is 5.88 Å². The van der Waals surface area contributed by atoms with Crippen LogP contribution in [0.2, 0.25) is 0 Å². The number of amides is 1. The van der Waals surface area contributed by atoms with E-state index in [0.29, 0.717) is 11.6 Å². The summed E-state index contributed by atoms with van der Waals surface area (Å²) in [5.41, 5.74) is 5.60. The number of rotatable bonds is 6. The Hall–Kier alpha value is -3.44. The molecule has 0 atom stereocenters. The van der Waals surface area contributed by atoms with Crippen molar-refractivity contribution in [2.45, 2.75) is 13.1 Å². The molecule has 1 amide bonds. The summed E-state index contributed by atoms with van der Waals surface area (Å²) in [4.78, 5) is 25.3. The highest BCUT2D eigenvalue weighted by Gasteiger charge is 2.29. The Kier molecular flexibility index (Phi) is 5.54. The minimum absolute atomic E-state index is 0.0706. The summed E-state index contributed by atoms with van der Waals surface area (Å²) in [5.74, 6) is -0.249. The number of anilines is 2. The normalized spacial score (nSPS) is 11.5. The second kappa shape index (κ2) is 7.63. The molecular weight excluding hydrogens is 355 g/mol. The molecule has 0 aliphatic rings. The summed E-state index contributed by atoms with van der Waals surface area (Å²) in [5, 5.41) is 8.34. The number of halogens is 3. The van der Waals surface area contributed by atoms with Crippen LogP contribution in [0.1, 0.15) is 18.4 Å². The fraction of sp³-hybridized carbons (Fsp3) is 0.214. The summed E-state index contributed by atoms with van der Waals surface area (Å²) < 4.78 is 41.2. The molecule has 0 saturated carbocycles. The van der Waals surface area contributed by atoms with Crippen LogP contribution < -0.4 is 21.2 Å². The number of hydrogen-bond acceptors (Lipinski definition) is 6. The second-order valence-corrected chi connectivity index (χ2v) is 5.00. The number of nitrogens with one attached hydrogen (secondary N) is 2. The number of carbonyl (C=O) groups is 1. The average molecular weight is 370 g/mol. The molecule has 2 aromatic rings. The fourth-order valence-corrected chi connectivity index (χ4v) is 1.71. The van der Waals surface area contributed by atoms with E-state index in [9.17, 15) is 18.0 Å². The van der Waals surface area contributed by atoms with E-state index in [1.165, 1.54) is 31.5 Å². The highest BCUT2D eigenvalue weighted by Crippen LogP contribution is 2.20. The van der Waals surface area contributed by atoms with Gasteiger partial charge in [0.2, 0.25) is 11.6 Å². The zero-order valence-corrected chi connectivity index (χ0v) is 13.5. The van der Waals surface area contributed by atoms with Gasteiger partial charge < -0.3 is 20.8 Å². The minimum Gasteiger partial charge on any atom is -0.465 e. The van der Waals surface area contributed by atoms with Gasteiger partial charge in [-0.15, -0.1) is 0 Å². The van der Waals surface area contributed by atoms with Crippen LogP contribution in [0.15, 0.2) is 18.5 Å². The van der Waals surface area contributed by atoms with Gasteiger partial charge in [0.1, 0.15) is 11.6 Å². The number of nitrogen functional groups attached to an aromatic ring is 1. The molecule has 2 rings (SSSR count). The van der Waals surface area contributed by atoms with Gasteiger partial charge in [-0.2, -0.15) is 13.2 Å². The highest BCUT2D eigenvalue weighted by molar-refractivity contribution is 6.05. The molecule has 0 unspecified atom stereocenters. The number of hydrogen-bond donors (Lipinski definition) is 4. The molecule has 9 nitrogen and oxygen atoms in total. The third kappa shape index (κ3) is 5.58. The van der Waals surface area contributed by atoms with Crippen molar-refractivity contribution in [2.24, 2.45) is 0 Å². The predicted molar refractivity (Wildman–Crippen MR) is 86.0 cm³/mol. The molecule has 0 bridgehead atoms. The van der Waals surface area contributed by atoms with Crippen molar-refractivity contribution in [3.63, 3.8) is 0 Å². The van der Waals surface area contributed by atoms with Crippen LogP contribution in [-0.2, 0) is 4.79 Å². The maximum absolute atomic E-state index is 12.2. The number of allylic oxidation sites excluding steroid dienone is 1. The van der Waals surface area contributed by atoms with Gasteiger partial charge >= 0.3 is 6.18 Å². The van der Waals surface area contributed by atoms with Crippen LogP contribution >= 0.6 is 0 Å². The van der Waals surface area contributed by atoms with Crippen molar-refractivity contribution in [2.75, 3.05) is 17.7 Å². The van der Waals surface area contributed by atoms with E-state index in [0.717, 1.165) is 0 Å². The first-order chi connectivity index (χ1) is 12.1.